The maximum absolute atomic E-state index is 12.7. The number of carbonyl (C=O) groups excluding carboxylic acids is 1. The number of hydrogen-bond donors (Lipinski definition) is 2. The van der Waals surface area contributed by atoms with Crippen LogP contribution in [0.4, 0.5) is 0 Å². The fourth-order valence-electron chi connectivity index (χ4n) is 3.84. The van der Waals surface area contributed by atoms with Crippen LogP contribution in [0.1, 0.15) is 50.5 Å². The molecule has 1 saturated carbocycles. The van der Waals surface area contributed by atoms with Crippen molar-refractivity contribution in [2.75, 3.05) is 13.1 Å². The summed E-state index contributed by atoms with van der Waals surface area (Å²) in [7, 11) is -3.47. The zero-order valence-electron chi connectivity index (χ0n) is 15.8. The van der Waals surface area contributed by atoms with Crippen LogP contribution in [0.25, 0.3) is 0 Å². The first kappa shape index (κ1) is 22.1. The largest absolute Gasteiger partial charge is 0.352 e. The number of hydrogen-bond acceptors (Lipinski definition) is 4. The van der Waals surface area contributed by atoms with Crippen molar-refractivity contribution in [3.63, 3.8) is 0 Å². The molecule has 27 heavy (non-hydrogen) atoms. The van der Waals surface area contributed by atoms with Crippen molar-refractivity contribution in [1.82, 2.24) is 9.62 Å². The highest BCUT2D eigenvalue weighted by Crippen LogP contribution is 2.27. The highest BCUT2D eigenvalue weighted by Gasteiger charge is 2.37. The van der Waals surface area contributed by atoms with Gasteiger partial charge in [-0.25, -0.2) is 8.42 Å². The van der Waals surface area contributed by atoms with Gasteiger partial charge in [0.05, 0.1) is 10.4 Å². The van der Waals surface area contributed by atoms with Gasteiger partial charge >= 0.3 is 0 Å². The summed E-state index contributed by atoms with van der Waals surface area (Å²) >= 11 is 0. The average molecular weight is 416 g/mol. The predicted molar refractivity (Wildman–Crippen MR) is 108 cm³/mol. The van der Waals surface area contributed by atoms with Gasteiger partial charge in [0.25, 0.3) is 0 Å². The van der Waals surface area contributed by atoms with Gasteiger partial charge < -0.3 is 11.1 Å². The monoisotopic (exact) mass is 415 g/mol. The number of rotatable bonds is 4. The minimum atomic E-state index is -3.47. The zero-order valence-corrected chi connectivity index (χ0v) is 17.4. The van der Waals surface area contributed by atoms with Gasteiger partial charge in [-0.2, -0.15) is 4.31 Å². The summed E-state index contributed by atoms with van der Waals surface area (Å²) in [6.45, 7) is 2.76. The molecule has 0 atom stereocenters. The smallest absolute Gasteiger partial charge is 0.243 e. The van der Waals surface area contributed by atoms with Crippen LogP contribution in [0, 0.1) is 6.92 Å². The van der Waals surface area contributed by atoms with Crippen molar-refractivity contribution in [3.8, 4) is 0 Å². The summed E-state index contributed by atoms with van der Waals surface area (Å²) in [6, 6.07) is 6.92. The Morgan fingerprint density at radius 3 is 2.22 bits per heavy atom. The van der Waals surface area contributed by atoms with Crippen molar-refractivity contribution in [2.24, 2.45) is 5.73 Å². The summed E-state index contributed by atoms with van der Waals surface area (Å²) in [5, 5.41) is 3.06. The molecular formula is C19H30ClN3O3S. The number of nitrogens with two attached hydrogens (primary N) is 1. The van der Waals surface area contributed by atoms with E-state index in [-0.39, 0.29) is 24.4 Å². The first-order valence-electron chi connectivity index (χ1n) is 9.48. The van der Waals surface area contributed by atoms with E-state index in [4.69, 9.17) is 5.73 Å². The molecule has 2 aliphatic rings. The predicted octanol–water partition coefficient (Wildman–Crippen LogP) is 2.35. The van der Waals surface area contributed by atoms with E-state index in [0.29, 0.717) is 30.8 Å². The van der Waals surface area contributed by atoms with E-state index >= 15 is 0 Å². The fraction of sp³-hybridized carbons (Fsp3) is 0.632. The zero-order chi connectivity index (χ0) is 18.8. The Morgan fingerprint density at radius 1 is 1.11 bits per heavy atom. The van der Waals surface area contributed by atoms with Gasteiger partial charge in [0, 0.05) is 19.1 Å². The lowest BCUT2D eigenvalue weighted by Gasteiger charge is -2.36. The molecule has 1 aliphatic carbocycles. The number of sulfonamides is 1. The molecule has 1 aliphatic heterocycles. The average Bonchev–Trinajstić information content (AvgIpc) is 2.63. The number of nitrogens with zero attached hydrogens (tertiary/aromatic N) is 1. The van der Waals surface area contributed by atoms with Crippen molar-refractivity contribution in [3.05, 3.63) is 29.8 Å². The summed E-state index contributed by atoms with van der Waals surface area (Å²) in [6.07, 6.45) is 5.84. The van der Waals surface area contributed by atoms with E-state index in [9.17, 15) is 13.2 Å². The van der Waals surface area contributed by atoms with Crippen molar-refractivity contribution in [2.45, 2.75) is 68.3 Å². The maximum atomic E-state index is 12.7. The molecule has 3 rings (SSSR count). The second-order valence-electron chi connectivity index (χ2n) is 7.68. The number of benzene rings is 1. The lowest BCUT2D eigenvalue weighted by molar-refractivity contribution is -0.128. The molecule has 152 valence electrons. The first-order chi connectivity index (χ1) is 12.3. The molecule has 0 unspecified atom stereocenters. The third kappa shape index (κ3) is 5.02. The quantitative estimate of drug-likeness (QED) is 0.789. The van der Waals surface area contributed by atoms with E-state index < -0.39 is 15.6 Å². The highest BCUT2D eigenvalue weighted by atomic mass is 35.5. The Bertz CT molecular complexity index is 738. The lowest BCUT2D eigenvalue weighted by atomic mass is 9.81. The SMILES string of the molecule is Cc1ccc(S(=O)(=O)N2CCC(NC(=O)C3(N)CCCCC3)CC2)cc1.Cl. The minimum absolute atomic E-state index is 0. The fourth-order valence-corrected chi connectivity index (χ4v) is 5.31. The van der Waals surface area contributed by atoms with Crippen LogP contribution in [0.15, 0.2) is 29.2 Å². The molecule has 1 heterocycles. The summed E-state index contributed by atoms with van der Waals surface area (Å²) in [5.41, 5.74) is 6.57. The van der Waals surface area contributed by atoms with Crippen molar-refractivity contribution < 1.29 is 13.2 Å². The van der Waals surface area contributed by atoms with Gasteiger partial charge in [-0.15, -0.1) is 12.4 Å². The topological polar surface area (TPSA) is 92.5 Å². The Balaban J connectivity index is 0.00000261. The normalized spacial score (nSPS) is 21.3. The van der Waals surface area contributed by atoms with E-state index in [1.165, 1.54) is 4.31 Å². The van der Waals surface area contributed by atoms with E-state index in [1.807, 2.05) is 19.1 Å². The summed E-state index contributed by atoms with van der Waals surface area (Å²) in [4.78, 5) is 12.9. The Hall–Kier alpha value is -1.15. The van der Waals surface area contributed by atoms with Crippen LogP contribution in [-0.2, 0) is 14.8 Å². The first-order valence-corrected chi connectivity index (χ1v) is 10.9. The van der Waals surface area contributed by atoms with Gasteiger partial charge in [0.1, 0.15) is 0 Å². The number of amides is 1. The molecule has 1 aromatic carbocycles. The van der Waals surface area contributed by atoms with Crippen LogP contribution < -0.4 is 11.1 Å². The number of carbonyl (C=O) groups is 1. The Morgan fingerprint density at radius 2 is 1.67 bits per heavy atom. The Kier molecular flexibility index (Phi) is 7.30. The lowest BCUT2D eigenvalue weighted by Crippen LogP contribution is -2.58. The van der Waals surface area contributed by atoms with E-state index in [2.05, 4.69) is 5.32 Å². The number of piperidine rings is 1. The third-order valence-corrected chi connectivity index (χ3v) is 7.56. The summed E-state index contributed by atoms with van der Waals surface area (Å²) < 4.78 is 27.0. The molecule has 2 fully saturated rings. The van der Waals surface area contributed by atoms with Gasteiger partial charge in [-0.3, -0.25) is 4.79 Å². The molecule has 0 spiro atoms. The molecule has 1 saturated heterocycles. The van der Waals surface area contributed by atoms with Gasteiger partial charge in [-0.1, -0.05) is 37.0 Å². The van der Waals surface area contributed by atoms with Gasteiger partial charge in [-0.05, 0) is 44.7 Å². The molecule has 8 heteroatoms. The van der Waals surface area contributed by atoms with E-state index in [0.717, 1.165) is 37.7 Å². The molecule has 1 aromatic rings. The highest BCUT2D eigenvalue weighted by molar-refractivity contribution is 7.89. The number of nitrogens with one attached hydrogen (secondary N) is 1. The number of halogens is 1. The third-order valence-electron chi connectivity index (χ3n) is 5.65. The molecule has 0 radical (unpaired) electrons. The van der Waals surface area contributed by atoms with Crippen LogP contribution in [0.2, 0.25) is 0 Å². The minimum Gasteiger partial charge on any atom is -0.352 e. The summed E-state index contributed by atoms with van der Waals surface area (Å²) in [5.74, 6) is -0.0722. The molecule has 0 bridgehead atoms. The second-order valence-corrected chi connectivity index (χ2v) is 9.62. The Labute approximate surface area is 168 Å². The molecule has 1 amide bonds. The van der Waals surface area contributed by atoms with Gasteiger partial charge in [0.2, 0.25) is 15.9 Å². The van der Waals surface area contributed by atoms with Crippen LogP contribution in [0.5, 0.6) is 0 Å². The molecule has 0 aromatic heterocycles. The van der Waals surface area contributed by atoms with Gasteiger partial charge in [0.15, 0.2) is 0 Å². The maximum Gasteiger partial charge on any atom is 0.243 e. The second kappa shape index (κ2) is 8.90. The van der Waals surface area contributed by atoms with Crippen LogP contribution in [0.3, 0.4) is 0 Å². The van der Waals surface area contributed by atoms with Crippen molar-refractivity contribution in [1.29, 1.82) is 0 Å². The van der Waals surface area contributed by atoms with Crippen LogP contribution >= 0.6 is 12.4 Å². The molecular weight excluding hydrogens is 386 g/mol. The van der Waals surface area contributed by atoms with Crippen LogP contribution in [-0.4, -0.2) is 43.3 Å². The van der Waals surface area contributed by atoms with E-state index in [1.54, 1.807) is 12.1 Å². The standard InChI is InChI=1S/C19H29N3O3S.ClH/c1-15-5-7-17(8-6-15)26(24,25)22-13-9-16(10-14-22)21-18(23)19(20)11-3-2-4-12-19;/h5-8,16H,2-4,9-14,20H2,1H3,(H,21,23);1H. The molecule has 6 nitrogen and oxygen atoms in total. The number of aryl methyl sites for hydroxylation is 1. The molecule has 3 N–H and O–H groups in total. The van der Waals surface area contributed by atoms with Crippen molar-refractivity contribution >= 4 is 28.3 Å².